The predicted molar refractivity (Wildman–Crippen MR) is 59.1 cm³/mol. The minimum atomic E-state index is -0.234. The second-order valence-corrected chi connectivity index (χ2v) is 3.75. The van der Waals surface area contributed by atoms with Crippen LogP contribution < -0.4 is 5.32 Å². The first-order valence-corrected chi connectivity index (χ1v) is 5.18. The van der Waals surface area contributed by atoms with Crippen molar-refractivity contribution in [3.63, 3.8) is 0 Å². The van der Waals surface area contributed by atoms with Crippen molar-refractivity contribution >= 4 is 17.6 Å². The number of benzene rings is 1. The summed E-state index contributed by atoms with van der Waals surface area (Å²) >= 11 is 0. The minimum absolute atomic E-state index is 0.0144. The van der Waals surface area contributed by atoms with Crippen molar-refractivity contribution in [2.75, 3.05) is 12.4 Å². The average Bonchev–Trinajstić information content (AvgIpc) is 2.66. The fourth-order valence-corrected chi connectivity index (χ4v) is 1.86. The molecule has 84 valence electrons. The van der Waals surface area contributed by atoms with Gasteiger partial charge in [0.05, 0.1) is 13.5 Å². The fourth-order valence-electron chi connectivity index (χ4n) is 1.86. The Labute approximate surface area is 93.6 Å². The highest BCUT2D eigenvalue weighted by Crippen LogP contribution is 2.27. The number of carbonyl (C=O) groups excluding carboxylic acids is 2. The molecule has 1 amide bonds. The molecule has 16 heavy (non-hydrogen) atoms. The number of fused-ring (bicyclic) bond motifs is 1. The third-order valence-corrected chi connectivity index (χ3v) is 2.68. The van der Waals surface area contributed by atoms with E-state index in [4.69, 9.17) is 0 Å². The molecule has 1 aliphatic heterocycles. The Balaban J connectivity index is 2.14. The number of esters is 1. The van der Waals surface area contributed by atoms with Gasteiger partial charge in [0.2, 0.25) is 5.91 Å². The average molecular weight is 219 g/mol. The van der Waals surface area contributed by atoms with Gasteiger partial charge in [0.1, 0.15) is 0 Å². The summed E-state index contributed by atoms with van der Waals surface area (Å²) in [6.45, 7) is 0. The molecule has 0 aromatic heterocycles. The normalized spacial score (nSPS) is 13.2. The zero-order valence-electron chi connectivity index (χ0n) is 9.08. The van der Waals surface area contributed by atoms with E-state index in [2.05, 4.69) is 10.1 Å². The zero-order valence-corrected chi connectivity index (χ0v) is 9.08. The first kappa shape index (κ1) is 10.7. The van der Waals surface area contributed by atoms with Gasteiger partial charge in [-0.1, -0.05) is 18.2 Å². The highest BCUT2D eigenvalue weighted by atomic mass is 16.5. The lowest BCUT2D eigenvalue weighted by atomic mass is 10.0. The summed E-state index contributed by atoms with van der Waals surface area (Å²) in [5.74, 6) is -0.220. The van der Waals surface area contributed by atoms with Gasteiger partial charge in [-0.25, -0.2) is 0 Å². The van der Waals surface area contributed by atoms with Gasteiger partial charge >= 0.3 is 5.97 Å². The van der Waals surface area contributed by atoms with E-state index in [-0.39, 0.29) is 11.9 Å². The van der Waals surface area contributed by atoms with Crippen LogP contribution in [-0.4, -0.2) is 19.0 Å². The summed E-state index contributed by atoms with van der Waals surface area (Å²) < 4.78 is 4.59. The molecule has 0 saturated heterocycles. The molecule has 0 unspecified atom stereocenters. The summed E-state index contributed by atoms with van der Waals surface area (Å²) in [5.41, 5.74) is 2.87. The van der Waals surface area contributed by atoms with Crippen LogP contribution in [0.25, 0.3) is 0 Å². The molecule has 4 nitrogen and oxygen atoms in total. The van der Waals surface area contributed by atoms with E-state index >= 15 is 0 Å². The summed E-state index contributed by atoms with van der Waals surface area (Å²) in [6.07, 6.45) is 1.36. The maximum atomic E-state index is 11.2. The quantitative estimate of drug-likeness (QED) is 0.779. The number of carbonyl (C=O) groups is 2. The van der Waals surface area contributed by atoms with Crippen LogP contribution in [0.1, 0.15) is 17.5 Å². The highest BCUT2D eigenvalue weighted by Gasteiger charge is 2.20. The molecule has 0 spiro atoms. The Hall–Kier alpha value is -1.84. The number of nitrogens with one attached hydrogen (secondary N) is 1. The fraction of sp³-hybridized carbons (Fsp3) is 0.333. The molecule has 0 radical (unpaired) electrons. The first-order chi connectivity index (χ1) is 7.70. The van der Waals surface area contributed by atoms with Crippen molar-refractivity contribution < 1.29 is 14.3 Å². The van der Waals surface area contributed by atoms with Crippen molar-refractivity contribution in [1.29, 1.82) is 0 Å². The van der Waals surface area contributed by atoms with Crippen LogP contribution in [0.15, 0.2) is 18.2 Å². The summed E-state index contributed by atoms with van der Waals surface area (Å²) in [7, 11) is 1.37. The van der Waals surface area contributed by atoms with Crippen LogP contribution in [0.5, 0.6) is 0 Å². The number of methoxy groups -OCH3 is 1. The molecule has 1 aromatic carbocycles. The van der Waals surface area contributed by atoms with Crippen LogP contribution >= 0.6 is 0 Å². The van der Waals surface area contributed by atoms with Crippen molar-refractivity contribution in [2.45, 2.75) is 19.3 Å². The van der Waals surface area contributed by atoms with Crippen LogP contribution in [-0.2, 0) is 27.2 Å². The maximum absolute atomic E-state index is 11.2. The molecule has 0 saturated carbocycles. The van der Waals surface area contributed by atoms with Gasteiger partial charge in [-0.3, -0.25) is 9.59 Å². The van der Waals surface area contributed by atoms with Crippen LogP contribution in [0.3, 0.4) is 0 Å². The monoisotopic (exact) mass is 219 g/mol. The van der Waals surface area contributed by atoms with Gasteiger partial charge in [-0.15, -0.1) is 0 Å². The smallest absolute Gasteiger partial charge is 0.305 e. The minimum Gasteiger partial charge on any atom is -0.469 e. The van der Waals surface area contributed by atoms with Crippen LogP contribution in [0.4, 0.5) is 5.69 Å². The molecule has 0 atom stereocenters. The van der Waals surface area contributed by atoms with E-state index in [0.717, 1.165) is 16.8 Å². The number of anilines is 1. The molecular weight excluding hydrogens is 206 g/mol. The molecule has 0 bridgehead atoms. The SMILES string of the molecule is COC(=O)CCc1cccc2c1NC(=O)C2. The Morgan fingerprint density at radius 3 is 3.06 bits per heavy atom. The van der Waals surface area contributed by atoms with Crippen molar-refractivity contribution in [3.05, 3.63) is 29.3 Å². The molecule has 0 fully saturated rings. The van der Waals surface area contributed by atoms with Gasteiger partial charge in [0.25, 0.3) is 0 Å². The first-order valence-electron chi connectivity index (χ1n) is 5.18. The van der Waals surface area contributed by atoms with Crippen LogP contribution in [0.2, 0.25) is 0 Å². The third kappa shape index (κ3) is 2.05. The molecular formula is C12H13NO3. The van der Waals surface area contributed by atoms with E-state index in [1.165, 1.54) is 7.11 Å². The lowest BCUT2D eigenvalue weighted by Crippen LogP contribution is -2.06. The summed E-state index contributed by atoms with van der Waals surface area (Å²) in [5, 5.41) is 2.82. The van der Waals surface area contributed by atoms with E-state index in [1.54, 1.807) is 0 Å². The van der Waals surface area contributed by atoms with Gasteiger partial charge in [-0.05, 0) is 17.5 Å². The van der Waals surface area contributed by atoms with E-state index in [9.17, 15) is 9.59 Å². The van der Waals surface area contributed by atoms with Crippen molar-refractivity contribution in [3.8, 4) is 0 Å². The number of rotatable bonds is 3. The predicted octanol–water partition coefficient (Wildman–Crippen LogP) is 1.29. The molecule has 4 heteroatoms. The summed E-state index contributed by atoms with van der Waals surface area (Å²) in [4.78, 5) is 22.3. The van der Waals surface area contributed by atoms with Crippen molar-refractivity contribution in [1.82, 2.24) is 0 Å². The van der Waals surface area contributed by atoms with Gasteiger partial charge < -0.3 is 10.1 Å². The van der Waals surface area contributed by atoms with Crippen LogP contribution in [0, 0.1) is 0 Å². The Bertz CT molecular complexity index is 440. The second-order valence-electron chi connectivity index (χ2n) is 3.75. The highest BCUT2D eigenvalue weighted by molar-refractivity contribution is 6.00. The van der Waals surface area contributed by atoms with Crippen molar-refractivity contribution in [2.24, 2.45) is 0 Å². The topological polar surface area (TPSA) is 55.4 Å². The molecule has 1 heterocycles. The van der Waals surface area contributed by atoms with Gasteiger partial charge in [0, 0.05) is 12.1 Å². The standard InChI is InChI=1S/C12H13NO3/c1-16-11(15)6-5-8-3-2-4-9-7-10(14)13-12(8)9/h2-4H,5-7H2,1H3,(H,13,14). The lowest BCUT2D eigenvalue weighted by Gasteiger charge is -2.06. The second kappa shape index (κ2) is 4.35. The number of ether oxygens (including phenoxy) is 1. The van der Waals surface area contributed by atoms with Gasteiger partial charge in [0.15, 0.2) is 0 Å². The number of hydrogen-bond acceptors (Lipinski definition) is 3. The number of amides is 1. The largest absolute Gasteiger partial charge is 0.469 e. The number of para-hydroxylation sites is 1. The molecule has 1 aliphatic rings. The summed E-state index contributed by atoms with van der Waals surface area (Å²) in [6, 6.07) is 5.76. The van der Waals surface area contributed by atoms with Gasteiger partial charge in [-0.2, -0.15) is 0 Å². The Morgan fingerprint density at radius 1 is 1.50 bits per heavy atom. The Morgan fingerprint density at radius 2 is 2.31 bits per heavy atom. The molecule has 0 aliphatic carbocycles. The lowest BCUT2D eigenvalue weighted by molar-refractivity contribution is -0.140. The number of hydrogen-bond donors (Lipinski definition) is 1. The number of aryl methyl sites for hydroxylation is 1. The maximum Gasteiger partial charge on any atom is 0.305 e. The molecule has 1 aromatic rings. The van der Waals surface area contributed by atoms with E-state index in [0.29, 0.717) is 19.3 Å². The zero-order chi connectivity index (χ0) is 11.5. The third-order valence-electron chi connectivity index (χ3n) is 2.68. The van der Waals surface area contributed by atoms with E-state index in [1.807, 2.05) is 18.2 Å². The molecule has 2 rings (SSSR count). The molecule has 1 N–H and O–H groups in total. The Kier molecular flexibility index (Phi) is 2.90. The van der Waals surface area contributed by atoms with E-state index < -0.39 is 0 Å².